The number of amides is 2. The van der Waals surface area contributed by atoms with E-state index in [1.165, 1.54) is 30.6 Å². The van der Waals surface area contributed by atoms with Gasteiger partial charge in [0.1, 0.15) is 0 Å². The van der Waals surface area contributed by atoms with Gasteiger partial charge < -0.3 is 16.4 Å². The SMILES string of the molecule is Cl.NCC(NC(=O)CNC(=O)c1cccs1)C1CCCCC1. The van der Waals surface area contributed by atoms with Crippen LogP contribution in [0.2, 0.25) is 0 Å². The monoisotopic (exact) mass is 345 g/mol. The maximum Gasteiger partial charge on any atom is 0.261 e. The normalized spacial score (nSPS) is 16.4. The number of hydrogen-bond acceptors (Lipinski definition) is 4. The van der Waals surface area contributed by atoms with Crippen molar-refractivity contribution in [3.63, 3.8) is 0 Å². The molecule has 7 heteroatoms. The van der Waals surface area contributed by atoms with Crippen LogP contribution in [0.4, 0.5) is 0 Å². The van der Waals surface area contributed by atoms with Gasteiger partial charge in [-0.3, -0.25) is 9.59 Å². The molecule has 1 aliphatic rings. The van der Waals surface area contributed by atoms with Gasteiger partial charge in [0.25, 0.3) is 5.91 Å². The van der Waals surface area contributed by atoms with E-state index in [1.54, 1.807) is 6.07 Å². The third-order valence-electron chi connectivity index (χ3n) is 3.97. The standard InChI is InChI=1S/C15H23N3O2S.ClH/c16-9-12(11-5-2-1-3-6-11)18-14(19)10-17-15(20)13-7-4-8-21-13;/h4,7-8,11-12H,1-3,5-6,9-10,16H2,(H,17,20)(H,18,19);1H. The van der Waals surface area contributed by atoms with Crippen LogP contribution in [0.25, 0.3) is 0 Å². The maximum absolute atomic E-state index is 12.0. The molecule has 1 aromatic rings. The highest BCUT2D eigenvalue weighted by Crippen LogP contribution is 2.26. The van der Waals surface area contributed by atoms with Crippen molar-refractivity contribution in [2.75, 3.05) is 13.1 Å². The van der Waals surface area contributed by atoms with E-state index < -0.39 is 0 Å². The van der Waals surface area contributed by atoms with Crippen molar-refractivity contribution in [2.24, 2.45) is 11.7 Å². The van der Waals surface area contributed by atoms with E-state index in [4.69, 9.17) is 5.73 Å². The predicted molar refractivity (Wildman–Crippen MR) is 91.5 cm³/mol. The molecule has 1 unspecified atom stereocenters. The minimum Gasteiger partial charge on any atom is -0.350 e. The molecule has 1 atom stereocenters. The Labute approximate surface area is 141 Å². The van der Waals surface area contributed by atoms with Crippen LogP contribution < -0.4 is 16.4 Å². The van der Waals surface area contributed by atoms with Crippen LogP contribution in [-0.4, -0.2) is 30.9 Å². The minimum absolute atomic E-state index is 0. The highest BCUT2D eigenvalue weighted by Gasteiger charge is 2.24. The van der Waals surface area contributed by atoms with E-state index in [2.05, 4.69) is 10.6 Å². The first kappa shape index (κ1) is 18.9. The molecule has 124 valence electrons. The summed E-state index contributed by atoms with van der Waals surface area (Å²) in [7, 11) is 0. The average Bonchev–Trinajstić information content (AvgIpc) is 3.05. The number of nitrogens with one attached hydrogen (secondary N) is 2. The summed E-state index contributed by atoms with van der Waals surface area (Å²) in [6.45, 7) is 0.454. The Bertz CT molecular complexity index is 461. The molecule has 0 aliphatic heterocycles. The van der Waals surface area contributed by atoms with E-state index in [0.29, 0.717) is 17.3 Å². The molecule has 1 heterocycles. The summed E-state index contributed by atoms with van der Waals surface area (Å²) < 4.78 is 0. The molecule has 1 aromatic heterocycles. The molecular formula is C15H24ClN3O2S. The Morgan fingerprint density at radius 3 is 2.64 bits per heavy atom. The van der Waals surface area contributed by atoms with E-state index in [9.17, 15) is 9.59 Å². The van der Waals surface area contributed by atoms with Gasteiger partial charge >= 0.3 is 0 Å². The number of nitrogens with two attached hydrogens (primary N) is 1. The summed E-state index contributed by atoms with van der Waals surface area (Å²) in [6, 6.07) is 3.58. The molecule has 1 fully saturated rings. The van der Waals surface area contributed by atoms with Gasteiger partial charge in [-0.1, -0.05) is 25.3 Å². The molecule has 2 amide bonds. The van der Waals surface area contributed by atoms with Crippen LogP contribution in [0.3, 0.4) is 0 Å². The zero-order chi connectivity index (χ0) is 15.1. The fourth-order valence-corrected chi connectivity index (χ4v) is 3.46. The fourth-order valence-electron chi connectivity index (χ4n) is 2.82. The number of rotatable bonds is 6. The molecule has 0 bridgehead atoms. The van der Waals surface area contributed by atoms with Crippen molar-refractivity contribution in [1.82, 2.24) is 10.6 Å². The van der Waals surface area contributed by atoms with E-state index in [-0.39, 0.29) is 36.8 Å². The number of thiophene rings is 1. The summed E-state index contributed by atoms with van der Waals surface area (Å²) in [6.07, 6.45) is 5.96. The molecule has 0 radical (unpaired) electrons. The Kier molecular flexibility index (Phi) is 8.45. The van der Waals surface area contributed by atoms with E-state index in [0.717, 1.165) is 12.8 Å². The van der Waals surface area contributed by atoms with Gasteiger partial charge in [0.2, 0.25) is 5.91 Å². The quantitative estimate of drug-likeness (QED) is 0.736. The van der Waals surface area contributed by atoms with Gasteiger partial charge in [0.15, 0.2) is 0 Å². The first-order chi connectivity index (χ1) is 10.2. The van der Waals surface area contributed by atoms with Gasteiger partial charge in [-0.25, -0.2) is 0 Å². The summed E-state index contributed by atoms with van der Waals surface area (Å²) in [4.78, 5) is 24.3. The summed E-state index contributed by atoms with van der Waals surface area (Å²) in [5.41, 5.74) is 5.78. The highest BCUT2D eigenvalue weighted by molar-refractivity contribution is 7.12. The second-order valence-electron chi connectivity index (χ2n) is 5.47. The van der Waals surface area contributed by atoms with Gasteiger partial charge in [0.05, 0.1) is 11.4 Å². The Hall–Kier alpha value is -1.11. The van der Waals surface area contributed by atoms with Crippen molar-refractivity contribution in [3.05, 3.63) is 22.4 Å². The third kappa shape index (κ3) is 5.59. The lowest BCUT2D eigenvalue weighted by atomic mass is 9.84. The summed E-state index contributed by atoms with van der Waals surface area (Å²) >= 11 is 1.36. The lowest BCUT2D eigenvalue weighted by molar-refractivity contribution is -0.121. The Morgan fingerprint density at radius 2 is 2.05 bits per heavy atom. The van der Waals surface area contributed by atoms with E-state index in [1.807, 2.05) is 11.4 Å². The number of carbonyl (C=O) groups is 2. The topological polar surface area (TPSA) is 84.2 Å². The van der Waals surface area contributed by atoms with E-state index >= 15 is 0 Å². The van der Waals surface area contributed by atoms with Crippen LogP contribution in [0, 0.1) is 5.92 Å². The lowest BCUT2D eigenvalue weighted by Gasteiger charge is -2.30. The van der Waals surface area contributed by atoms with Crippen LogP contribution in [-0.2, 0) is 4.79 Å². The first-order valence-corrected chi connectivity index (χ1v) is 8.40. The zero-order valence-corrected chi connectivity index (χ0v) is 14.2. The molecule has 0 aromatic carbocycles. The number of halogens is 1. The van der Waals surface area contributed by atoms with Crippen molar-refractivity contribution in [1.29, 1.82) is 0 Å². The van der Waals surface area contributed by atoms with Crippen LogP contribution in [0.1, 0.15) is 41.8 Å². The van der Waals surface area contributed by atoms with Crippen LogP contribution >= 0.6 is 23.7 Å². The minimum atomic E-state index is -0.206. The molecule has 5 nitrogen and oxygen atoms in total. The predicted octanol–water partition coefficient (Wildman–Crippen LogP) is 1.92. The molecule has 2 rings (SSSR count). The maximum atomic E-state index is 12.0. The lowest BCUT2D eigenvalue weighted by Crippen LogP contribution is -2.49. The Morgan fingerprint density at radius 1 is 1.32 bits per heavy atom. The van der Waals surface area contributed by atoms with Crippen molar-refractivity contribution in [2.45, 2.75) is 38.1 Å². The number of carbonyl (C=O) groups excluding carboxylic acids is 2. The molecule has 0 saturated heterocycles. The van der Waals surface area contributed by atoms with Gasteiger partial charge in [-0.05, 0) is 30.2 Å². The number of hydrogen-bond donors (Lipinski definition) is 3. The molecule has 0 spiro atoms. The third-order valence-corrected chi connectivity index (χ3v) is 4.84. The van der Waals surface area contributed by atoms with Gasteiger partial charge in [-0.15, -0.1) is 23.7 Å². The largest absolute Gasteiger partial charge is 0.350 e. The Balaban J connectivity index is 0.00000242. The zero-order valence-electron chi connectivity index (χ0n) is 12.5. The fraction of sp³-hybridized carbons (Fsp3) is 0.600. The van der Waals surface area contributed by atoms with Crippen molar-refractivity contribution >= 4 is 35.6 Å². The average molecular weight is 346 g/mol. The first-order valence-electron chi connectivity index (χ1n) is 7.52. The molecular weight excluding hydrogens is 322 g/mol. The molecule has 4 N–H and O–H groups in total. The van der Waals surface area contributed by atoms with Gasteiger partial charge in [0, 0.05) is 12.6 Å². The summed E-state index contributed by atoms with van der Waals surface area (Å²) in [5.74, 6) is 0.101. The van der Waals surface area contributed by atoms with Gasteiger partial charge in [-0.2, -0.15) is 0 Å². The molecule has 1 aliphatic carbocycles. The second kappa shape index (κ2) is 9.82. The van der Waals surface area contributed by atoms with Crippen LogP contribution in [0.15, 0.2) is 17.5 Å². The van der Waals surface area contributed by atoms with Crippen LogP contribution in [0.5, 0.6) is 0 Å². The second-order valence-corrected chi connectivity index (χ2v) is 6.42. The molecule has 22 heavy (non-hydrogen) atoms. The highest BCUT2D eigenvalue weighted by atomic mass is 35.5. The summed E-state index contributed by atoms with van der Waals surface area (Å²) in [5, 5.41) is 7.43. The van der Waals surface area contributed by atoms with Crippen molar-refractivity contribution < 1.29 is 9.59 Å². The smallest absolute Gasteiger partial charge is 0.261 e. The molecule has 1 saturated carbocycles. The van der Waals surface area contributed by atoms with Crippen molar-refractivity contribution in [3.8, 4) is 0 Å².